The van der Waals surface area contributed by atoms with Crippen molar-refractivity contribution in [1.82, 2.24) is 35.6 Å². The molecule has 2 aliphatic rings. The van der Waals surface area contributed by atoms with Crippen LogP contribution in [0.5, 0.6) is 0 Å². The molecule has 0 radical (unpaired) electrons. The average molecular weight is 521 g/mol. The van der Waals surface area contributed by atoms with Gasteiger partial charge in [-0.3, -0.25) is 4.68 Å². The molecule has 0 unspecified atom stereocenters. The summed E-state index contributed by atoms with van der Waals surface area (Å²) in [6.07, 6.45) is 13.1. The topological polar surface area (TPSA) is 122 Å². The molecule has 10 nitrogen and oxygen atoms in total. The molecule has 5 N–H and O–H groups in total. The van der Waals surface area contributed by atoms with Gasteiger partial charge >= 0.3 is 0 Å². The number of nitrogens with two attached hydrogens (primary N) is 1. The van der Waals surface area contributed by atoms with Gasteiger partial charge in [0.2, 0.25) is 5.95 Å². The Morgan fingerprint density at radius 2 is 1.74 bits per heavy atom. The highest BCUT2D eigenvalue weighted by atomic mass is 15.4. The third-order valence-corrected chi connectivity index (χ3v) is 7.75. The molecule has 0 bridgehead atoms. The maximum Gasteiger partial charge on any atom is 0.225 e. The maximum absolute atomic E-state index is 6.13. The Hall–Kier alpha value is -2.82. The standard InChI is InChI=1S/C28H44N10/c29-22-12-18-37(19-13-22)27-25-10-4-5-11-26(25)33-28(34-27)32-20-24-21-38(36-35-24)17-7-15-30-14-6-16-31-23-8-2-1-3-9-23/h4-5,10-11,21-23,30-31H,1-3,6-9,12-20,29H2,(H,32,33,34). The molecule has 1 aliphatic heterocycles. The van der Waals surface area contributed by atoms with Gasteiger partial charge in [-0.1, -0.05) is 36.6 Å². The Morgan fingerprint density at radius 3 is 2.61 bits per heavy atom. The molecule has 2 aromatic heterocycles. The predicted molar refractivity (Wildman–Crippen MR) is 153 cm³/mol. The first-order chi connectivity index (χ1) is 18.7. The molecule has 38 heavy (non-hydrogen) atoms. The summed E-state index contributed by atoms with van der Waals surface area (Å²) < 4.78 is 1.92. The summed E-state index contributed by atoms with van der Waals surface area (Å²) in [7, 11) is 0. The van der Waals surface area contributed by atoms with Gasteiger partial charge in [0.1, 0.15) is 11.5 Å². The third kappa shape index (κ3) is 7.61. The van der Waals surface area contributed by atoms with Crippen molar-refractivity contribution < 1.29 is 0 Å². The van der Waals surface area contributed by atoms with E-state index in [0.717, 1.165) is 87.0 Å². The zero-order valence-corrected chi connectivity index (χ0v) is 22.6. The molecule has 1 aromatic carbocycles. The Bertz CT molecular complexity index is 1120. The molecule has 2 fully saturated rings. The van der Waals surface area contributed by atoms with Crippen LogP contribution in [-0.2, 0) is 13.1 Å². The van der Waals surface area contributed by atoms with E-state index in [9.17, 15) is 0 Å². The van der Waals surface area contributed by atoms with Crippen LogP contribution < -0.4 is 26.6 Å². The van der Waals surface area contributed by atoms with E-state index >= 15 is 0 Å². The summed E-state index contributed by atoms with van der Waals surface area (Å²) >= 11 is 0. The van der Waals surface area contributed by atoms with Crippen molar-refractivity contribution in [1.29, 1.82) is 0 Å². The number of aromatic nitrogens is 5. The summed E-state index contributed by atoms with van der Waals surface area (Å²) in [5, 5.41) is 20.4. The Balaban J connectivity index is 1.04. The lowest BCUT2D eigenvalue weighted by atomic mass is 9.95. The summed E-state index contributed by atoms with van der Waals surface area (Å²) in [6, 6.07) is 9.23. The number of nitrogens with one attached hydrogen (secondary N) is 3. The molecule has 0 atom stereocenters. The second kappa shape index (κ2) is 13.8. The predicted octanol–water partition coefficient (Wildman–Crippen LogP) is 3.05. The van der Waals surface area contributed by atoms with Crippen molar-refractivity contribution >= 4 is 22.7 Å². The minimum Gasteiger partial charge on any atom is -0.356 e. The van der Waals surface area contributed by atoms with Crippen LogP contribution in [0.4, 0.5) is 11.8 Å². The van der Waals surface area contributed by atoms with E-state index in [-0.39, 0.29) is 6.04 Å². The SMILES string of the molecule is NC1CCN(c2nc(NCc3cn(CCCNCCCNC4CCCCC4)nn3)nc3ccccc23)CC1. The summed E-state index contributed by atoms with van der Waals surface area (Å²) in [5.74, 6) is 1.59. The summed E-state index contributed by atoms with van der Waals surface area (Å²) in [4.78, 5) is 12.0. The highest BCUT2D eigenvalue weighted by Gasteiger charge is 2.20. The quantitative estimate of drug-likeness (QED) is 0.252. The Labute approximate surface area is 226 Å². The van der Waals surface area contributed by atoms with Gasteiger partial charge in [0.15, 0.2) is 0 Å². The van der Waals surface area contributed by atoms with E-state index in [1.165, 1.54) is 38.5 Å². The van der Waals surface area contributed by atoms with Crippen LogP contribution in [0.2, 0.25) is 0 Å². The number of benzene rings is 1. The molecule has 10 heteroatoms. The molecule has 206 valence electrons. The van der Waals surface area contributed by atoms with Gasteiger partial charge in [-0.2, -0.15) is 4.98 Å². The van der Waals surface area contributed by atoms with Crippen molar-refractivity contribution in [2.75, 3.05) is 42.9 Å². The highest BCUT2D eigenvalue weighted by molar-refractivity contribution is 5.90. The van der Waals surface area contributed by atoms with Crippen LogP contribution in [0.25, 0.3) is 10.9 Å². The Morgan fingerprint density at radius 1 is 0.921 bits per heavy atom. The molecule has 5 rings (SSSR count). The van der Waals surface area contributed by atoms with Gasteiger partial charge in [-0.25, -0.2) is 4.98 Å². The molecule has 1 saturated carbocycles. The van der Waals surface area contributed by atoms with E-state index < -0.39 is 0 Å². The first-order valence-corrected chi connectivity index (χ1v) is 14.6. The summed E-state index contributed by atoms with van der Waals surface area (Å²) in [5.41, 5.74) is 7.95. The minimum atomic E-state index is 0.281. The first-order valence-electron chi connectivity index (χ1n) is 14.6. The van der Waals surface area contributed by atoms with Crippen LogP contribution in [-0.4, -0.2) is 69.8 Å². The van der Waals surface area contributed by atoms with Crippen molar-refractivity contribution in [2.45, 2.75) is 83.0 Å². The van der Waals surface area contributed by atoms with Gasteiger partial charge in [-0.15, -0.1) is 5.10 Å². The van der Waals surface area contributed by atoms with Crippen LogP contribution in [0.3, 0.4) is 0 Å². The number of hydrogen-bond acceptors (Lipinski definition) is 9. The highest BCUT2D eigenvalue weighted by Crippen LogP contribution is 2.27. The lowest BCUT2D eigenvalue weighted by molar-refractivity contribution is 0.371. The van der Waals surface area contributed by atoms with Gasteiger partial charge in [0.25, 0.3) is 0 Å². The van der Waals surface area contributed by atoms with E-state index in [1.54, 1.807) is 0 Å². The van der Waals surface area contributed by atoms with Crippen molar-refractivity contribution in [3.05, 3.63) is 36.2 Å². The van der Waals surface area contributed by atoms with E-state index in [1.807, 2.05) is 29.1 Å². The zero-order valence-electron chi connectivity index (χ0n) is 22.6. The largest absolute Gasteiger partial charge is 0.356 e. The fraction of sp³-hybridized carbons (Fsp3) is 0.643. The number of para-hydroxylation sites is 1. The maximum atomic E-state index is 6.13. The second-order valence-electron chi connectivity index (χ2n) is 10.8. The fourth-order valence-corrected chi connectivity index (χ4v) is 5.51. The third-order valence-electron chi connectivity index (χ3n) is 7.75. The first kappa shape index (κ1) is 26.8. The van der Waals surface area contributed by atoms with Crippen LogP contribution in [0, 0.1) is 0 Å². The number of nitrogens with zero attached hydrogens (tertiary/aromatic N) is 6. The second-order valence-corrected chi connectivity index (χ2v) is 10.8. The van der Waals surface area contributed by atoms with Gasteiger partial charge < -0.3 is 26.6 Å². The van der Waals surface area contributed by atoms with E-state index in [4.69, 9.17) is 15.7 Å². The lowest BCUT2D eigenvalue weighted by Crippen LogP contribution is -2.40. The lowest BCUT2D eigenvalue weighted by Gasteiger charge is -2.31. The number of aryl methyl sites for hydroxylation is 1. The van der Waals surface area contributed by atoms with Crippen molar-refractivity contribution in [3.8, 4) is 0 Å². The number of anilines is 2. The minimum absolute atomic E-state index is 0.281. The van der Waals surface area contributed by atoms with E-state index in [2.05, 4.69) is 37.2 Å². The molecular weight excluding hydrogens is 476 g/mol. The van der Waals surface area contributed by atoms with Gasteiger partial charge in [-0.05, 0) is 70.3 Å². The zero-order chi connectivity index (χ0) is 26.0. The van der Waals surface area contributed by atoms with E-state index in [0.29, 0.717) is 12.5 Å². The number of fused-ring (bicyclic) bond motifs is 1. The number of rotatable bonds is 13. The van der Waals surface area contributed by atoms with Crippen LogP contribution in [0.15, 0.2) is 30.5 Å². The fourth-order valence-electron chi connectivity index (χ4n) is 5.51. The molecular formula is C28H44N10. The Kier molecular flexibility index (Phi) is 9.74. The molecule has 0 amide bonds. The summed E-state index contributed by atoms with van der Waals surface area (Å²) in [6.45, 7) is 6.40. The normalized spacial score (nSPS) is 17.3. The van der Waals surface area contributed by atoms with Crippen LogP contribution in [0.1, 0.15) is 63.5 Å². The molecule has 1 saturated heterocycles. The average Bonchev–Trinajstić information content (AvgIpc) is 3.41. The molecule has 3 heterocycles. The van der Waals surface area contributed by atoms with Crippen molar-refractivity contribution in [2.24, 2.45) is 5.73 Å². The van der Waals surface area contributed by atoms with Crippen LogP contribution >= 0.6 is 0 Å². The van der Waals surface area contributed by atoms with Gasteiger partial charge in [0.05, 0.1) is 18.3 Å². The molecule has 3 aromatic rings. The smallest absolute Gasteiger partial charge is 0.225 e. The van der Waals surface area contributed by atoms with Gasteiger partial charge in [0, 0.05) is 37.1 Å². The number of hydrogen-bond donors (Lipinski definition) is 4. The molecule has 1 aliphatic carbocycles. The number of piperidine rings is 1. The monoisotopic (exact) mass is 520 g/mol. The molecule has 0 spiro atoms. The van der Waals surface area contributed by atoms with Crippen molar-refractivity contribution in [3.63, 3.8) is 0 Å².